The van der Waals surface area contributed by atoms with Gasteiger partial charge in [0, 0.05) is 0 Å². The van der Waals surface area contributed by atoms with Crippen LogP contribution in [0.1, 0.15) is 40.0 Å². The average Bonchev–Trinajstić information content (AvgIpc) is 2.75. The second-order valence-electron chi connectivity index (χ2n) is 5.46. The van der Waals surface area contributed by atoms with Crippen molar-refractivity contribution in [3.8, 4) is 0 Å². The highest BCUT2D eigenvalue weighted by Crippen LogP contribution is 2.41. The molecule has 0 aromatic heterocycles. The maximum Gasteiger partial charge on any atom is 0.408 e. The van der Waals surface area contributed by atoms with Crippen LogP contribution in [-0.4, -0.2) is 29.9 Å². The Labute approximate surface area is 90.3 Å². The number of hydrogen-bond donors (Lipinski definition) is 1. The van der Waals surface area contributed by atoms with Crippen LogP contribution in [0.2, 0.25) is 0 Å². The SMILES string of the molecule is CC(C)(C)OC(=O)NC1([C@H]2CO2)CCC1. The zero-order chi connectivity index (χ0) is 11.1. The quantitative estimate of drug-likeness (QED) is 0.712. The molecule has 0 unspecified atom stereocenters. The van der Waals surface area contributed by atoms with Gasteiger partial charge in [0.1, 0.15) is 11.7 Å². The van der Waals surface area contributed by atoms with Gasteiger partial charge in [0.25, 0.3) is 0 Å². The maximum absolute atomic E-state index is 11.6. The zero-order valence-electron chi connectivity index (χ0n) is 9.63. The van der Waals surface area contributed by atoms with Crippen LogP contribution >= 0.6 is 0 Å². The Balaban J connectivity index is 1.87. The molecule has 1 amide bonds. The fraction of sp³-hybridized carbons (Fsp3) is 0.909. The minimum atomic E-state index is -0.431. The molecule has 1 saturated heterocycles. The van der Waals surface area contributed by atoms with E-state index in [0.717, 1.165) is 25.9 Å². The van der Waals surface area contributed by atoms with Crippen LogP contribution < -0.4 is 5.32 Å². The highest BCUT2D eigenvalue weighted by Gasteiger charge is 2.52. The Hall–Kier alpha value is -0.770. The first-order valence-corrected chi connectivity index (χ1v) is 5.54. The van der Waals surface area contributed by atoms with E-state index in [0.29, 0.717) is 0 Å². The number of nitrogens with one attached hydrogen (secondary N) is 1. The molecular formula is C11H19NO3. The predicted molar refractivity (Wildman–Crippen MR) is 55.7 cm³/mol. The summed E-state index contributed by atoms with van der Waals surface area (Å²) in [6.45, 7) is 6.38. The molecule has 1 N–H and O–H groups in total. The number of rotatable bonds is 2. The van der Waals surface area contributed by atoms with E-state index in [1.807, 2.05) is 20.8 Å². The van der Waals surface area contributed by atoms with E-state index in [4.69, 9.17) is 9.47 Å². The summed E-state index contributed by atoms with van der Waals surface area (Å²) in [5.41, 5.74) is -0.554. The monoisotopic (exact) mass is 213 g/mol. The van der Waals surface area contributed by atoms with Gasteiger partial charge in [-0.2, -0.15) is 0 Å². The van der Waals surface area contributed by atoms with Gasteiger partial charge in [0.2, 0.25) is 0 Å². The van der Waals surface area contributed by atoms with Crippen LogP contribution in [0, 0.1) is 0 Å². The highest BCUT2D eigenvalue weighted by molar-refractivity contribution is 5.69. The van der Waals surface area contributed by atoms with Gasteiger partial charge in [-0.3, -0.25) is 0 Å². The van der Waals surface area contributed by atoms with Crippen LogP contribution in [0.15, 0.2) is 0 Å². The van der Waals surface area contributed by atoms with Gasteiger partial charge in [0.05, 0.1) is 12.1 Å². The van der Waals surface area contributed by atoms with Crippen LogP contribution in [0.4, 0.5) is 4.79 Å². The second-order valence-corrected chi connectivity index (χ2v) is 5.46. The standard InChI is InChI=1S/C11H19NO3/c1-10(2,3)15-9(13)12-11(5-4-6-11)8-7-14-8/h8H,4-7H2,1-3H3,(H,12,13)/t8-/m1/s1. The van der Waals surface area contributed by atoms with E-state index >= 15 is 0 Å². The molecule has 2 fully saturated rings. The van der Waals surface area contributed by atoms with Gasteiger partial charge in [-0.15, -0.1) is 0 Å². The van der Waals surface area contributed by atoms with E-state index in [-0.39, 0.29) is 17.7 Å². The van der Waals surface area contributed by atoms with Crippen molar-refractivity contribution in [3.05, 3.63) is 0 Å². The number of alkyl carbamates (subject to hydrolysis) is 1. The van der Waals surface area contributed by atoms with Gasteiger partial charge in [-0.25, -0.2) is 4.79 Å². The van der Waals surface area contributed by atoms with Gasteiger partial charge >= 0.3 is 6.09 Å². The smallest absolute Gasteiger partial charge is 0.408 e. The third-order valence-electron chi connectivity index (χ3n) is 2.95. The summed E-state index contributed by atoms with van der Waals surface area (Å²) in [5.74, 6) is 0. The lowest BCUT2D eigenvalue weighted by Gasteiger charge is -2.41. The van der Waals surface area contributed by atoms with Crippen LogP contribution in [-0.2, 0) is 9.47 Å². The summed E-state index contributed by atoms with van der Waals surface area (Å²) >= 11 is 0. The largest absolute Gasteiger partial charge is 0.444 e. The molecular weight excluding hydrogens is 194 g/mol. The fourth-order valence-corrected chi connectivity index (χ4v) is 1.96. The molecule has 4 nitrogen and oxygen atoms in total. The van der Waals surface area contributed by atoms with Crippen molar-refractivity contribution in [2.75, 3.05) is 6.61 Å². The lowest BCUT2D eigenvalue weighted by atomic mass is 9.74. The Morgan fingerprint density at radius 1 is 1.47 bits per heavy atom. The first-order chi connectivity index (χ1) is 6.91. The molecule has 1 heterocycles. The Kier molecular flexibility index (Phi) is 2.41. The predicted octanol–water partition coefficient (Wildman–Crippen LogP) is 1.83. The fourth-order valence-electron chi connectivity index (χ4n) is 1.96. The Morgan fingerprint density at radius 3 is 2.40 bits per heavy atom. The minimum absolute atomic E-state index is 0.123. The minimum Gasteiger partial charge on any atom is -0.444 e. The first kappa shape index (κ1) is 10.7. The molecule has 0 aromatic rings. The summed E-state index contributed by atoms with van der Waals surface area (Å²) in [5, 5.41) is 2.96. The normalized spacial score (nSPS) is 27.8. The zero-order valence-corrected chi connectivity index (χ0v) is 9.63. The number of hydrogen-bond acceptors (Lipinski definition) is 3. The van der Waals surface area contributed by atoms with Crippen molar-refractivity contribution in [2.24, 2.45) is 0 Å². The number of carbonyl (C=O) groups excluding carboxylic acids is 1. The van der Waals surface area contributed by atoms with Crippen molar-refractivity contribution in [1.29, 1.82) is 0 Å². The van der Waals surface area contributed by atoms with Gasteiger partial charge in [0.15, 0.2) is 0 Å². The van der Waals surface area contributed by atoms with E-state index in [9.17, 15) is 4.79 Å². The van der Waals surface area contributed by atoms with Crippen molar-refractivity contribution in [1.82, 2.24) is 5.32 Å². The van der Waals surface area contributed by atoms with E-state index in [1.54, 1.807) is 0 Å². The number of ether oxygens (including phenoxy) is 2. The summed E-state index contributed by atoms with van der Waals surface area (Å²) < 4.78 is 10.5. The molecule has 2 aliphatic rings. The molecule has 1 aliphatic carbocycles. The molecule has 0 aromatic carbocycles. The summed E-state index contributed by atoms with van der Waals surface area (Å²) in [6.07, 6.45) is 3.08. The number of epoxide rings is 1. The van der Waals surface area contributed by atoms with Crippen molar-refractivity contribution in [3.63, 3.8) is 0 Å². The lowest BCUT2D eigenvalue weighted by molar-refractivity contribution is 0.0336. The molecule has 2 rings (SSSR count). The third-order valence-corrected chi connectivity index (χ3v) is 2.95. The van der Waals surface area contributed by atoms with Crippen molar-refractivity contribution in [2.45, 2.75) is 57.3 Å². The van der Waals surface area contributed by atoms with Gasteiger partial charge < -0.3 is 14.8 Å². The van der Waals surface area contributed by atoms with Crippen LogP contribution in [0.25, 0.3) is 0 Å². The third kappa shape index (κ3) is 2.43. The van der Waals surface area contributed by atoms with Crippen LogP contribution in [0.5, 0.6) is 0 Å². The number of amides is 1. The second kappa shape index (κ2) is 3.37. The Bertz CT molecular complexity index is 261. The average molecular weight is 213 g/mol. The molecule has 0 radical (unpaired) electrons. The molecule has 1 atom stereocenters. The topological polar surface area (TPSA) is 50.9 Å². The molecule has 0 bridgehead atoms. The van der Waals surface area contributed by atoms with E-state index < -0.39 is 5.60 Å². The molecule has 1 saturated carbocycles. The van der Waals surface area contributed by atoms with Crippen molar-refractivity contribution < 1.29 is 14.3 Å². The molecule has 4 heteroatoms. The summed E-state index contributed by atoms with van der Waals surface area (Å²) in [6, 6.07) is 0. The summed E-state index contributed by atoms with van der Waals surface area (Å²) in [4.78, 5) is 11.6. The molecule has 1 aliphatic heterocycles. The first-order valence-electron chi connectivity index (χ1n) is 5.54. The lowest BCUT2D eigenvalue weighted by Crippen LogP contribution is -2.58. The van der Waals surface area contributed by atoms with Gasteiger partial charge in [-0.1, -0.05) is 0 Å². The van der Waals surface area contributed by atoms with Crippen molar-refractivity contribution >= 4 is 6.09 Å². The van der Waals surface area contributed by atoms with Gasteiger partial charge in [-0.05, 0) is 40.0 Å². The van der Waals surface area contributed by atoms with Crippen LogP contribution in [0.3, 0.4) is 0 Å². The molecule has 15 heavy (non-hydrogen) atoms. The molecule has 0 spiro atoms. The molecule has 86 valence electrons. The van der Waals surface area contributed by atoms with E-state index in [2.05, 4.69) is 5.32 Å². The van der Waals surface area contributed by atoms with E-state index in [1.165, 1.54) is 0 Å². The maximum atomic E-state index is 11.6. The highest BCUT2D eigenvalue weighted by atomic mass is 16.6. The number of carbonyl (C=O) groups is 1. The summed E-state index contributed by atoms with van der Waals surface area (Å²) in [7, 11) is 0. The Morgan fingerprint density at radius 2 is 2.07 bits per heavy atom.